The Balaban J connectivity index is 1.83. The molecule has 0 bridgehead atoms. The number of hydrogen-bond acceptors (Lipinski definition) is 3. The minimum atomic E-state index is -0.0299. The van der Waals surface area contributed by atoms with E-state index >= 15 is 0 Å². The van der Waals surface area contributed by atoms with Crippen molar-refractivity contribution in [3.8, 4) is 0 Å². The lowest BCUT2D eigenvalue weighted by Crippen LogP contribution is -2.34. The third-order valence-electron chi connectivity index (χ3n) is 4.25. The lowest BCUT2D eigenvalue weighted by Gasteiger charge is -2.22. The van der Waals surface area contributed by atoms with Gasteiger partial charge in [-0.05, 0) is 30.7 Å². The van der Waals surface area contributed by atoms with Gasteiger partial charge >= 0.3 is 0 Å². The van der Waals surface area contributed by atoms with Crippen LogP contribution in [0.15, 0.2) is 64.1 Å². The van der Waals surface area contributed by atoms with E-state index in [1.807, 2.05) is 39.8 Å². The Hall–Kier alpha value is -2.82. The van der Waals surface area contributed by atoms with Crippen molar-refractivity contribution < 1.29 is 9.21 Å². The number of para-hydroxylation sites is 1. The highest BCUT2D eigenvalue weighted by Gasteiger charge is 2.16. The number of unbranched alkanes of at least 4 members (excludes halogenated alkanes) is 1. The van der Waals surface area contributed by atoms with E-state index in [2.05, 4.69) is 6.92 Å². The second kappa shape index (κ2) is 7.83. The molecule has 2 heterocycles. The van der Waals surface area contributed by atoms with E-state index in [1.54, 1.807) is 18.5 Å². The zero-order valence-corrected chi connectivity index (χ0v) is 14.4. The highest BCUT2D eigenvalue weighted by atomic mass is 16.3. The van der Waals surface area contributed by atoms with Gasteiger partial charge in [0.05, 0.1) is 18.3 Å². The zero-order chi connectivity index (χ0) is 17.6. The predicted molar refractivity (Wildman–Crippen MR) is 97.2 cm³/mol. The van der Waals surface area contributed by atoms with Crippen LogP contribution in [0.1, 0.15) is 25.5 Å². The SMILES string of the molecule is CCCCN(Cc1ccco1)C(=O)Cn1ccc(=O)c2ccccc21. The molecule has 0 saturated heterocycles. The van der Waals surface area contributed by atoms with Gasteiger partial charge in [0.2, 0.25) is 5.91 Å². The van der Waals surface area contributed by atoms with Crippen LogP contribution in [-0.4, -0.2) is 21.9 Å². The van der Waals surface area contributed by atoms with Crippen LogP contribution in [0.3, 0.4) is 0 Å². The summed E-state index contributed by atoms with van der Waals surface area (Å²) in [6.07, 6.45) is 5.26. The molecular weight excluding hydrogens is 316 g/mol. The van der Waals surface area contributed by atoms with Crippen molar-refractivity contribution in [1.29, 1.82) is 0 Å². The van der Waals surface area contributed by atoms with Crippen molar-refractivity contribution in [2.75, 3.05) is 6.54 Å². The molecule has 5 heteroatoms. The third-order valence-corrected chi connectivity index (χ3v) is 4.25. The van der Waals surface area contributed by atoms with Crippen molar-refractivity contribution in [3.05, 3.63) is 70.9 Å². The Morgan fingerprint density at radius 2 is 2.00 bits per heavy atom. The van der Waals surface area contributed by atoms with Crippen LogP contribution in [0.25, 0.3) is 10.9 Å². The number of amides is 1. The summed E-state index contributed by atoms with van der Waals surface area (Å²) in [5.41, 5.74) is 0.745. The molecule has 0 unspecified atom stereocenters. The molecule has 1 aromatic carbocycles. The van der Waals surface area contributed by atoms with Crippen molar-refractivity contribution in [3.63, 3.8) is 0 Å². The standard InChI is InChI=1S/C20H22N2O3/c1-2-3-11-22(14-16-7-6-13-25-16)20(24)15-21-12-10-19(23)17-8-4-5-9-18(17)21/h4-10,12-13H,2-3,11,14-15H2,1H3. The van der Waals surface area contributed by atoms with E-state index in [1.165, 1.54) is 6.07 Å². The van der Waals surface area contributed by atoms with Gasteiger partial charge in [-0.25, -0.2) is 0 Å². The van der Waals surface area contributed by atoms with E-state index in [-0.39, 0.29) is 17.9 Å². The van der Waals surface area contributed by atoms with Gasteiger partial charge in [0.25, 0.3) is 0 Å². The number of pyridine rings is 1. The summed E-state index contributed by atoms with van der Waals surface area (Å²) in [7, 11) is 0. The molecule has 0 aliphatic heterocycles. The average Bonchev–Trinajstić information content (AvgIpc) is 3.14. The maximum absolute atomic E-state index is 12.9. The molecule has 1 amide bonds. The second-order valence-electron chi connectivity index (χ2n) is 6.07. The van der Waals surface area contributed by atoms with Gasteiger partial charge in [-0.1, -0.05) is 25.5 Å². The summed E-state index contributed by atoms with van der Waals surface area (Å²) in [4.78, 5) is 26.7. The van der Waals surface area contributed by atoms with E-state index in [4.69, 9.17) is 4.42 Å². The van der Waals surface area contributed by atoms with Crippen molar-refractivity contribution in [1.82, 2.24) is 9.47 Å². The molecule has 0 spiro atoms. The Morgan fingerprint density at radius 1 is 1.16 bits per heavy atom. The zero-order valence-electron chi connectivity index (χ0n) is 14.4. The minimum absolute atomic E-state index is 0.0126. The summed E-state index contributed by atoms with van der Waals surface area (Å²) < 4.78 is 7.22. The second-order valence-corrected chi connectivity index (χ2v) is 6.07. The van der Waals surface area contributed by atoms with E-state index in [0.29, 0.717) is 18.5 Å². The molecule has 0 fully saturated rings. The fourth-order valence-electron chi connectivity index (χ4n) is 2.88. The molecule has 130 valence electrons. The number of hydrogen-bond donors (Lipinski definition) is 0. The lowest BCUT2D eigenvalue weighted by atomic mass is 10.2. The van der Waals surface area contributed by atoms with Gasteiger partial charge in [0.1, 0.15) is 12.3 Å². The third kappa shape index (κ3) is 3.99. The first-order chi connectivity index (χ1) is 12.2. The average molecular weight is 338 g/mol. The van der Waals surface area contributed by atoms with Crippen LogP contribution >= 0.6 is 0 Å². The normalized spacial score (nSPS) is 10.9. The van der Waals surface area contributed by atoms with Gasteiger partial charge in [0.15, 0.2) is 5.43 Å². The van der Waals surface area contributed by atoms with E-state index in [9.17, 15) is 9.59 Å². The summed E-state index contributed by atoms with van der Waals surface area (Å²) >= 11 is 0. The number of carbonyl (C=O) groups excluding carboxylic acids is 1. The molecule has 3 aromatic rings. The van der Waals surface area contributed by atoms with Crippen LogP contribution < -0.4 is 5.43 Å². The largest absolute Gasteiger partial charge is 0.467 e. The summed E-state index contributed by atoms with van der Waals surface area (Å²) in [5.74, 6) is 0.785. The van der Waals surface area contributed by atoms with Crippen LogP contribution in [0.4, 0.5) is 0 Å². The van der Waals surface area contributed by atoms with Gasteiger partial charge in [0, 0.05) is 24.2 Å². The van der Waals surface area contributed by atoms with Crippen LogP contribution in [0.2, 0.25) is 0 Å². The number of carbonyl (C=O) groups is 1. The number of furan rings is 1. The van der Waals surface area contributed by atoms with Crippen molar-refractivity contribution in [2.45, 2.75) is 32.9 Å². The molecule has 2 aromatic heterocycles. The fraction of sp³-hybridized carbons (Fsp3) is 0.300. The maximum Gasteiger partial charge on any atom is 0.242 e. The number of fused-ring (bicyclic) bond motifs is 1. The highest BCUT2D eigenvalue weighted by Crippen LogP contribution is 2.12. The number of nitrogens with zero attached hydrogens (tertiary/aromatic N) is 2. The molecule has 3 rings (SSSR count). The molecule has 0 N–H and O–H groups in total. The fourth-order valence-corrected chi connectivity index (χ4v) is 2.88. The predicted octanol–water partition coefficient (Wildman–Crippen LogP) is 3.42. The quantitative estimate of drug-likeness (QED) is 0.663. The summed E-state index contributed by atoms with van der Waals surface area (Å²) in [6, 6.07) is 12.6. The molecule has 25 heavy (non-hydrogen) atoms. The van der Waals surface area contributed by atoms with Crippen LogP contribution in [0, 0.1) is 0 Å². The molecule has 0 radical (unpaired) electrons. The molecular formula is C20H22N2O3. The smallest absolute Gasteiger partial charge is 0.242 e. The van der Waals surface area contributed by atoms with E-state index in [0.717, 1.165) is 24.1 Å². The van der Waals surface area contributed by atoms with Gasteiger partial charge < -0.3 is 13.9 Å². The number of benzene rings is 1. The van der Waals surface area contributed by atoms with Crippen LogP contribution in [0.5, 0.6) is 0 Å². The van der Waals surface area contributed by atoms with Crippen molar-refractivity contribution in [2.24, 2.45) is 0 Å². The number of rotatable bonds is 7. The minimum Gasteiger partial charge on any atom is -0.467 e. The molecule has 0 aliphatic rings. The maximum atomic E-state index is 12.9. The van der Waals surface area contributed by atoms with Gasteiger partial charge in [-0.3, -0.25) is 9.59 Å². The first kappa shape index (κ1) is 17.0. The molecule has 0 saturated carbocycles. The van der Waals surface area contributed by atoms with Crippen LogP contribution in [-0.2, 0) is 17.9 Å². The molecule has 0 aliphatic carbocycles. The van der Waals surface area contributed by atoms with E-state index < -0.39 is 0 Å². The molecule has 5 nitrogen and oxygen atoms in total. The highest BCUT2D eigenvalue weighted by molar-refractivity contribution is 5.82. The number of aromatic nitrogens is 1. The topological polar surface area (TPSA) is 55.5 Å². The first-order valence-corrected chi connectivity index (χ1v) is 8.57. The Morgan fingerprint density at radius 3 is 2.76 bits per heavy atom. The Labute approximate surface area is 146 Å². The Kier molecular flexibility index (Phi) is 5.33. The summed E-state index contributed by atoms with van der Waals surface area (Å²) in [5, 5.41) is 0.629. The molecule has 0 atom stereocenters. The Bertz CT molecular complexity index is 897. The lowest BCUT2D eigenvalue weighted by molar-refractivity contribution is -0.132. The summed E-state index contributed by atoms with van der Waals surface area (Å²) in [6.45, 7) is 3.45. The van der Waals surface area contributed by atoms with Gasteiger partial charge in [-0.15, -0.1) is 0 Å². The van der Waals surface area contributed by atoms with Crippen molar-refractivity contribution >= 4 is 16.8 Å². The monoisotopic (exact) mass is 338 g/mol. The first-order valence-electron chi connectivity index (χ1n) is 8.57. The van der Waals surface area contributed by atoms with Gasteiger partial charge in [-0.2, -0.15) is 0 Å².